The summed E-state index contributed by atoms with van der Waals surface area (Å²) in [7, 11) is 1.64. The van der Waals surface area contributed by atoms with Gasteiger partial charge < -0.3 is 15.0 Å². The Morgan fingerprint density at radius 3 is 2.50 bits per heavy atom. The SMILES string of the molecule is COc1ccccc1CNC(=O)C1c2ccccc2C(=O)N(CC(C)C)C12CCCCC2. The second-order valence-electron chi connectivity index (χ2n) is 9.52. The molecule has 2 aromatic carbocycles. The normalized spacial score (nSPS) is 19.7. The number of hydrogen-bond donors (Lipinski definition) is 1. The molecule has 1 saturated carbocycles. The number of carbonyl (C=O) groups excluding carboxylic acids is 2. The van der Waals surface area contributed by atoms with Crippen molar-refractivity contribution in [2.75, 3.05) is 13.7 Å². The van der Waals surface area contributed by atoms with Gasteiger partial charge in [0.2, 0.25) is 5.91 Å². The van der Waals surface area contributed by atoms with E-state index in [4.69, 9.17) is 4.74 Å². The van der Waals surface area contributed by atoms with Crippen LogP contribution in [-0.4, -0.2) is 35.9 Å². The molecule has 1 atom stereocenters. The van der Waals surface area contributed by atoms with Crippen LogP contribution in [0.4, 0.5) is 0 Å². The van der Waals surface area contributed by atoms with Crippen LogP contribution in [0.15, 0.2) is 48.5 Å². The van der Waals surface area contributed by atoms with Crippen LogP contribution in [-0.2, 0) is 11.3 Å². The first-order chi connectivity index (χ1) is 15.5. The molecular formula is C27H34N2O3. The van der Waals surface area contributed by atoms with Crippen molar-refractivity contribution in [3.8, 4) is 5.75 Å². The van der Waals surface area contributed by atoms with Crippen molar-refractivity contribution in [3.05, 3.63) is 65.2 Å². The highest BCUT2D eigenvalue weighted by Crippen LogP contribution is 2.49. The predicted molar refractivity (Wildman–Crippen MR) is 126 cm³/mol. The molecular weight excluding hydrogens is 400 g/mol. The largest absolute Gasteiger partial charge is 0.496 e. The van der Waals surface area contributed by atoms with Crippen molar-refractivity contribution < 1.29 is 14.3 Å². The molecule has 2 aromatic rings. The third kappa shape index (κ3) is 4.01. The molecule has 0 bridgehead atoms. The second-order valence-corrected chi connectivity index (χ2v) is 9.52. The molecule has 0 aromatic heterocycles. The van der Waals surface area contributed by atoms with Gasteiger partial charge in [0.15, 0.2) is 0 Å². The highest BCUT2D eigenvalue weighted by atomic mass is 16.5. The summed E-state index contributed by atoms with van der Waals surface area (Å²) in [5.74, 6) is 0.794. The number of carbonyl (C=O) groups is 2. The number of nitrogens with one attached hydrogen (secondary N) is 1. The number of rotatable bonds is 6. The lowest BCUT2D eigenvalue weighted by Gasteiger charge is -2.54. The van der Waals surface area contributed by atoms with Gasteiger partial charge in [0.1, 0.15) is 5.75 Å². The first kappa shape index (κ1) is 22.4. The fraction of sp³-hybridized carbons (Fsp3) is 0.481. The number of hydrogen-bond acceptors (Lipinski definition) is 3. The Morgan fingerprint density at radius 2 is 1.78 bits per heavy atom. The fourth-order valence-electron chi connectivity index (χ4n) is 5.61. The zero-order valence-corrected chi connectivity index (χ0v) is 19.4. The summed E-state index contributed by atoms with van der Waals surface area (Å²) in [6.07, 6.45) is 4.97. The van der Waals surface area contributed by atoms with Gasteiger partial charge >= 0.3 is 0 Å². The first-order valence-corrected chi connectivity index (χ1v) is 11.8. The Bertz CT molecular complexity index is 978. The summed E-state index contributed by atoms with van der Waals surface area (Å²) in [4.78, 5) is 29.5. The van der Waals surface area contributed by atoms with E-state index in [9.17, 15) is 9.59 Å². The zero-order valence-electron chi connectivity index (χ0n) is 19.4. The molecule has 0 radical (unpaired) electrons. The standard InChI is InChI=1S/C27H34N2O3/c1-19(2)18-29-26(31)22-13-7-6-12-21(22)24(27(29)15-9-4-10-16-27)25(30)28-17-20-11-5-8-14-23(20)32-3/h5-8,11-14,19,24H,4,9-10,15-18H2,1-3H3,(H,28,30). The summed E-state index contributed by atoms with van der Waals surface area (Å²) in [6, 6.07) is 15.4. The van der Waals surface area contributed by atoms with Crippen LogP contribution in [0.5, 0.6) is 5.75 Å². The number of methoxy groups -OCH3 is 1. The van der Waals surface area contributed by atoms with Gasteiger partial charge in [-0.3, -0.25) is 9.59 Å². The van der Waals surface area contributed by atoms with E-state index in [0.29, 0.717) is 24.6 Å². The van der Waals surface area contributed by atoms with Crippen LogP contribution in [0.25, 0.3) is 0 Å². The Kier molecular flexibility index (Phi) is 6.54. The lowest BCUT2D eigenvalue weighted by molar-refractivity contribution is -0.127. The third-order valence-electron chi connectivity index (χ3n) is 7.00. The molecule has 1 aliphatic carbocycles. The lowest BCUT2D eigenvalue weighted by atomic mass is 9.65. The molecule has 2 amide bonds. The van der Waals surface area contributed by atoms with Crippen LogP contribution in [0.2, 0.25) is 0 Å². The minimum atomic E-state index is -0.460. The highest BCUT2D eigenvalue weighted by Gasteiger charge is 2.54. The smallest absolute Gasteiger partial charge is 0.254 e. The molecule has 5 heteroatoms. The van der Waals surface area contributed by atoms with Crippen LogP contribution in [0, 0.1) is 5.92 Å². The van der Waals surface area contributed by atoms with E-state index in [1.807, 2.05) is 53.4 Å². The van der Waals surface area contributed by atoms with E-state index in [-0.39, 0.29) is 17.7 Å². The number of ether oxygens (including phenoxy) is 1. The van der Waals surface area contributed by atoms with E-state index < -0.39 is 5.54 Å². The summed E-state index contributed by atoms with van der Waals surface area (Å²) < 4.78 is 5.46. The average molecular weight is 435 g/mol. The molecule has 1 aliphatic heterocycles. The number of amides is 2. The maximum atomic E-state index is 13.9. The van der Waals surface area contributed by atoms with Crippen molar-refractivity contribution in [2.45, 2.75) is 64.0 Å². The average Bonchev–Trinajstić information content (AvgIpc) is 2.81. The summed E-state index contributed by atoms with van der Waals surface area (Å²) in [6.45, 7) is 5.35. The van der Waals surface area contributed by atoms with Gasteiger partial charge in [0.05, 0.1) is 18.6 Å². The lowest BCUT2D eigenvalue weighted by Crippen LogP contribution is -2.63. The quantitative estimate of drug-likeness (QED) is 0.703. The van der Waals surface area contributed by atoms with E-state index in [2.05, 4.69) is 19.2 Å². The monoisotopic (exact) mass is 434 g/mol. The van der Waals surface area contributed by atoms with E-state index in [1.54, 1.807) is 7.11 Å². The highest BCUT2D eigenvalue weighted by molar-refractivity contribution is 6.02. The Labute approximate surface area is 191 Å². The van der Waals surface area contributed by atoms with E-state index in [1.165, 1.54) is 0 Å². The maximum Gasteiger partial charge on any atom is 0.254 e. The van der Waals surface area contributed by atoms with Crippen LogP contribution < -0.4 is 10.1 Å². The molecule has 4 rings (SSSR count). The molecule has 170 valence electrons. The van der Waals surface area contributed by atoms with Crippen molar-refractivity contribution in [1.29, 1.82) is 0 Å². The van der Waals surface area contributed by atoms with Crippen LogP contribution >= 0.6 is 0 Å². The number of benzene rings is 2. The van der Waals surface area contributed by atoms with Gasteiger partial charge in [-0.15, -0.1) is 0 Å². The maximum absolute atomic E-state index is 13.9. The minimum Gasteiger partial charge on any atom is -0.496 e. The van der Waals surface area contributed by atoms with Crippen molar-refractivity contribution >= 4 is 11.8 Å². The number of para-hydroxylation sites is 1. The van der Waals surface area contributed by atoms with Crippen molar-refractivity contribution in [3.63, 3.8) is 0 Å². The molecule has 1 spiro atoms. The predicted octanol–water partition coefficient (Wildman–Crippen LogP) is 4.91. The summed E-state index contributed by atoms with van der Waals surface area (Å²) in [5, 5.41) is 3.19. The molecule has 1 fully saturated rings. The first-order valence-electron chi connectivity index (χ1n) is 11.8. The van der Waals surface area contributed by atoms with Gasteiger partial charge in [0.25, 0.3) is 5.91 Å². The zero-order chi connectivity index (χ0) is 22.7. The van der Waals surface area contributed by atoms with Gasteiger partial charge in [-0.2, -0.15) is 0 Å². The minimum absolute atomic E-state index is 0.00786. The van der Waals surface area contributed by atoms with Crippen molar-refractivity contribution in [2.24, 2.45) is 5.92 Å². The topological polar surface area (TPSA) is 58.6 Å². The van der Waals surface area contributed by atoms with E-state index >= 15 is 0 Å². The molecule has 1 N–H and O–H groups in total. The molecule has 32 heavy (non-hydrogen) atoms. The van der Waals surface area contributed by atoms with Gasteiger partial charge in [-0.05, 0) is 36.5 Å². The molecule has 5 nitrogen and oxygen atoms in total. The molecule has 2 aliphatic rings. The third-order valence-corrected chi connectivity index (χ3v) is 7.00. The second kappa shape index (κ2) is 9.35. The van der Waals surface area contributed by atoms with Crippen molar-refractivity contribution in [1.82, 2.24) is 10.2 Å². The number of nitrogens with zero attached hydrogens (tertiary/aromatic N) is 1. The van der Waals surface area contributed by atoms with E-state index in [0.717, 1.165) is 49.0 Å². The van der Waals surface area contributed by atoms with Crippen LogP contribution in [0.1, 0.15) is 73.4 Å². The Morgan fingerprint density at radius 1 is 1.09 bits per heavy atom. The fourth-order valence-corrected chi connectivity index (χ4v) is 5.61. The Balaban J connectivity index is 1.73. The number of fused-ring (bicyclic) bond motifs is 1. The van der Waals surface area contributed by atoms with Gasteiger partial charge in [0, 0.05) is 24.2 Å². The van der Waals surface area contributed by atoms with Gasteiger partial charge in [-0.1, -0.05) is 69.5 Å². The molecule has 1 unspecified atom stereocenters. The summed E-state index contributed by atoms with van der Waals surface area (Å²) >= 11 is 0. The van der Waals surface area contributed by atoms with Gasteiger partial charge in [-0.25, -0.2) is 0 Å². The summed E-state index contributed by atoms with van der Waals surface area (Å²) in [5.41, 5.74) is 2.03. The van der Waals surface area contributed by atoms with Crippen LogP contribution in [0.3, 0.4) is 0 Å². The molecule has 1 heterocycles. The molecule has 0 saturated heterocycles. The Hall–Kier alpha value is -2.82.